The standard InChI is InChI=1S/C22H19Br2Cl2NO/c1-2-14-5-3-4-6-21(14)27-12-16-9-17(23)10-19(24)22(16)28-13-15-7-8-18(25)11-20(15)26/h3-11,27H,2,12-13H2,1H3. The number of aryl methyl sites for hydroxylation is 1. The maximum absolute atomic E-state index is 6.28. The van der Waals surface area contributed by atoms with Crippen LogP contribution >= 0.6 is 55.1 Å². The second-order valence-electron chi connectivity index (χ2n) is 6.26. The fraction of sp³-hybridized carbons (Fsp3) is 0.182. The van der Waals surface area contributed by atoms with Gasteiger partial charge in [0.05, 0.1) is 4.47 Å². The number of hydrogen-bond acceptors (Lipinski definition) is 2. The lowest BCUT2D eigenvalue weighted by molar-refractivity contribution is 0.301. The Morgan fingerprint density at radius 2 is 1.71 bits per heavy atom. The molecule has 0 bridgehead atoms. The van der Waals surface area contributed by atoms with Crippen LogP contribution in [-0.2, 0) is 19.6 Å². The number of halogens is 4. The van der Waals surface area contributed by atoms with E-state index >= 15 is 0 Å². The van der Waals surface area contributed by atoms with Gasteiger partial charge in [0.25, 0.3) is 0 Å². The van der Waals surface area contributed by atoms with Crippen molar-refractivity contribution in [3.8, 4) is 5.75 Å². The van der Waals surface area contributed by atoms with Crippen LogP contribution in [0.4, 0.5) is 5.69 Å². The van der Waals surface area contributed by atoms with Gasteiger partial charge in [0.15, 0.2) is 0 Å². The molecule has 0 saturated heterocycles. The zero-order valence-electron chi connectivity index (χ0n) is 15.2. The second kappa shape index (κ2) is 10.0. The minimum absolute atomic E-state index is 0.356. The Kier molecular flexibility index (Phi) is 7.69. The Morgan fingerprint density at radius 3 is 2.46 bits per heavy atom. The molecule has 2 nitrogen and oxygen atoms in total. The van der Waals surface area contributed by atoms with Crippen molar-refractivity contribution < 1.29 is 4.74 Å². The van der Waals surface area contributed by atoms with Crippen molar-refractivity contribution in [2.75, 3.05) is 5.32 Å². The largest absolute Gasteiger partial charge is 0.487 e. The van der Waals surface area contributed by atoms with E-state index in [2.05, 4.69) is 68.4 Å². The van der Waals surface area contributed by atoms with E-state index < -0.39 is 0 Å². The summed E-state index contributed by atoms with van der Waals surface area (Å²) in [5.41, 5.74) is 4.34. The number of anilines is 1. The summed E-state index contributed by atoms with van der Waals surface area (Å²) >= 11 is 19.4. The van der Waals surface area contributed by atoms with Gasteiger partial charge in [-0.3, -0.25) is 0 Å². The quantitative estimate of drug-likeness (QED) is 0.324. The van der Waals surface area contributed by atoms with Gasteiger partial charge in [-0.15, -0.1) is 0 Å². The number of nitrogens with one attached hydrogen (secondary N) is 1. The lowest BCUT2D eigenvalue weighted by atomic mass is 10.1. The molecule has 0 aliphatic carbocycles. The van der Waals surface area contributed by atoms with Gasteiger partial charge in [0, 0.05) is 37.9 Å². The predicted octanol–water partition coefficient (Wildman–Crippen LogP) is 8.27. The number of hydrogen-bond donors (Lipinski definition) is 1. The molecule has 0 saturated carbocycles. The molecule has 146 valence electrons. The average molecular weight is 544 g/mol. The summed E-state index contributed by atoms with van der Waals surface area (Å²) in [6, 6.07) is 17.8. The van der Waals surface area contributed by atoms with Crippen LogP contribution in [0.1, 0.15) is 23.6 Å². The Bertz CT molecular complexity index is 979. The van der Waals surface area contributed by atoms with E-state index in [-0.39, 0.29) is 0 Å². The molecule has 3 aromatic rings. The lowest BCUT2D eigenvalue weighted by Crippen LogP contribution is -2.06. The van der Waals surface area contributed by atoms with E-state index in [1.54, 1.807) is 6.07 Å². The zero-order valence-corrected chi connectivity index (χ0v) is 19.9. The van der Waals surface area contributed by atoms with Crippen LogP contribution in [-0.4, -0.2) is 0 Å². The van der Waals surface area contributed by atoms with Crippen LogP contribution in [0.2, 0.25) is 10.0 Å². The molecule has 0 unspecified atom stereocenters. The molecule has 0 heterocycles. The molecule has 3 aromatic carbocycles. The van der Waals surface area contributed by atoms with Crippen molar-refractivity contribution in [3.63, 3.8) is 0 Å². The van der Waals surface area contributed by atoms with Crippen LogP contribution in [0.15, 0.2) is 63.5 Å². The van der Waals surface area contributed by atoms with Crippen molar-refractivity contribution in [3.05, 3.63) is 90.3 Å². The summed E-state index contributed by atoms with van der Waals surface area (Å²) in [6.07, 6.45) is 0.976. The van der Waals surface area contributed by atoms with E-state index in [1.165, 1.54) is 5.56 Å². The molecule has 0 fully saturated rings. The third kappa shape index (κ3) is 5.44. The van der Waals surface area contributed by atoms with Crippen LogP contribution in [0.5, 0.6) is 5.75 Å². The van der Waals surface area contributed by atoms with Gasteiger partial charge in [-0.25, -0.2) is 0 Å². The van der Waals surface area contributed by atoms with E-state index in [0.717, 1.165) is 37.9 Å². The normalized spacial score (nSPS) is 10.8. The SMILES string of the molecule is CCc1ccccc1NCc1cc(Br)cc(Br)c1OCc1ccc(Cl)cc1Cl. The molecule has 28 heavy (non-hydrogen) atoms. The Morgan fingerprint density at radius 1 is 0.929 bits per heavy atom. The topological polar surface area (TPSA) is 21.3 Å². The number of rotatable bonds is 7. The highest BCUT2D eigenvalue weighted by atomic mass is 79.9. The molecule has 0 radical (unpaired) electrons. The van der Waals surface area contributed by atoms with Gasteiger partial charge >= 0.3 is 0 Å². The molecule has 0 aliphatic rings. The van der Waals surface area contributed by atoms with Crippen LogP contribution in [0.25, 0.3) is 0 Å². The molecule has 0 amide bonds. The van der Waals surface area contributed by atoms with Crippen LogP contribution < -0.4 is 10.1 Å². The molecule has 1 N–H and O–H groups in total. The highest BCUT2D eigenvalue weighted by Crippen LogP contribution is 2.35. The first kappa shape index (κ1) is 21.5. The molecule has 0 spiro atoms. The summed E-state index contributed by atoms with van der Waals surface area (Å²) < 4.78 is 8.00. The monoisotopic (exact) mass is 541 g/mol. The predicted molar refractivity (Wildman–Crippen MR) is 126 cm³/mol. The molecule has 0 aliphatic heterocycles. The Hall–Kier alpha value is -1.20. The minimum Gasteiger partial charge on any atom is -0.487 e. The molecule has 0 aromatic heterocycles. The summed E-state index contributed by atoms with van der Waals surface area (Å²) in [4.78, 5) is 0. The van der Waals surface area contributed by atoms with Gasteiger partial charge in [0.2, 0.25) is 0 Å². The summed E-state index contributed by atoms with van der Waals surface area (Å²) in [7, 11) is 0. The van der Waals surface area contributed by atoms with Crippen molar-refractivity contribution in [2.45, 2.75) is 26.5 Å². The summed E-state index contributed by atoms with van der Waals surface area (Å²) in [5, 5.41) is 4.73. The van der Waals surface area contributed by atoms with E-state index in [0.29, 0.717) is 23.2 Å². The Balaban J connectivity index is 1.81. The van der Waals surface area contributed by atoms with Crippen molar-refractivity contribution >= 4 is 60.7 Å². The summed E-state index contributed by atoms with van der Waals surface area (Å²) in [6.45, 7) is 3.15. The Labute approximate surface area is 192 Å². The smallest absolute Gasteiger partial charge is 0.139 e. The number of para-hydroxylation sites is 1. The van der Waals surface area contributed by atoms with Crippen molar-refractivity contribution in [2.24, 2.45) is 0 Å². The summed E-state index contributed by atoms with van der Waals surface area (Å²) in [5.74, 6) is 0.788. The molecule has 0 atom stereocenters. The first-order chi connectivity index (χ1) is 13.5. The number of benzene rings is 3. The van der Waals surface area contributed by atoms with E-state index in [9.17, 15) is 0 Å². The third-order valence-corrected chi connectivity index (χ3v) is 5.97. The third-order valence-electron chi connectivity index (χ3n) is 4.34. The van der Waals surface area contributed by atoms with Gasteiger partial charge in [0.1, 0.15) is 12.4 Å². The fourth-order valence-corrected chi connectivity index (χ4v) is 4.78. The van der Waals surface area contributed by atoms with Gasteiger partial charge in [-0.2, -0.15) is 0 Å². The van der Waals surface area contributed by atoms with Crippen molar-refractivity contribution in [1.82, 2.24) is 0 Å². The highest BCUT2D eigenvalue weighted by Gasteiger charge is 2.12. The van der Waals surface area contributed by atoms with Gasteiger partial charge in [-0.05, 0) is 58.2 Å². The molecule has 6 heteroatoms. The van der Waals surface area contributed by atoms with Crippen LogP contribution in [0.3, 0.4) is 0 Å². The van der Waals surface area contributed by atoms with Crippen LogP contribution in [0, 0.1) is 0 Å². The first-order valence-corrected chi connectivity index (χ1v) is 11.2. The minimum atomic E-state index is 0.356. The van der Waals surface area contributed by atoms with E-state index in [1.807, 2.05) is 24.3 Å². The molecular formula is C22H19Br2Cl2NO. The zero-order chi connectivity index (χ0) is 20.1. The maximum atomic E-state index is 6.28. The fourth-order valence-electron chi connectivity index (χ4n) is 2.89. The highest BCUT2D eigenvalue weighted by molar-refractivity contribution is 9.11. The number of ether oxygens (including phenoxy) is 1. The maximum Gasteiger partial charge on any atom is 0.139 e. The van der Waals surface area contributed by atoms with Gasteiger partial charge in [-0.1, -0.05) is 70.3 Å². The average Bonchev–Trinajstić information content (AvgIpc) is 2.67. The lowest BCUT2D eigenvalue weighted by Gasteiger charge is -2.17. The van der Waals surface area contributed by atoms with Gasteiger partial charge < -0.3 is 10.1 Å². The second-order valence-corrected chi connectivity index (χ2v) is 8.88. The molecular weight excluding hydrogens is 525 g/mol. The molecule has 3 rings (SSSR count). The van der Waals surface area contributed by atoms with Crippen molar-refractivity contribution in [1.29, 1.82) is 0 Å². The first-order valence-electron chi connectivity index (χ1n) is 8.84. The van der Waals surface area contributed by atoms with E-state index in [4.69, 9.17) is 27.9 Å².